The fourth-order valence-corrected chi connectivity index (χ4v) is 3.17. The average Bonchev–Trinajstić information content (AvgIpc) is 2.53. The molecule has 0 aliphatic carbocycles. The van der Waals surface area contributed by atoms with Crippen LogP contribution in [0.1, 0.15) is 6.92 Å². The van der Waals surface area contributed by atoms with Gasteiger partial charge in [0.05, 0.1) is 17.6 Å². The molecule has 23 heavy (non-hydrogen) atoms. The largest absolute Gasteiger partial charge is 0.298 e. The van der Waals surface area contributed by atoms with E-state index in [9.17, 15) is 9.59 Å². The summed E-state index contributed by atoms with van der Waals surface area (Å²) in [6.07, 6.45) is 1.62. The lowest BCUT2D eigenvalue weighted by Crippen LogP contribution is -2.34. The number of halogens is 1. The summed E-state index contributed by atoms with van der Waals surface area (Å²) in [6, 6.07) is 10.3. The third kappa shape index (κ3) is 3.38. The van der Waals surface area contributed by atoms with Crippen molar-refractivity contribution in [3.05, 3.63) is 62.8 Å². The molecule has 3 aromatic rings. The van der Waals surface area contributed by atoms with E-state index in [2.05, 4.69) is 9.98 Å². The molecule has 0 atom stereocenters. The molecule has 3 rings (SSSR count). The molecular weight excluding hydrogens is 334 g/mol. The second kappa shape index (κ2) is 6.44. The molecule has 0 unspecified atom stereocenters. The van der Waals surface area contributed by atoms with Gasteiger partial charge in [0.15, 0.2) is 4.80 Å². The number of rotatable bonds is 3. The summed E-state index contributed by atoms with van der Waals surface area (Å²) in [7, 11) is 0. The van der Waals surface area contributed by atoms with Crippen LogP contribution in [0.4, 0.5) is 5.69 Å². The molecule has 0 spiro atoms. The first-order chi connectivity index (χ1) is 11.0. The second-order valence-corrected chi connectivity index (χ2v) is 6.31. The number of nitrogens with zero attached hydrogens (tertiary/aromatic N) is 3. The molecule has 116 valence electrons. The molecule has 5 nitrogen and oxygen atoms in total. The van der Waals surface area contributed by atoms with Crippen molar-refractivity contribution >= 4 is 44.6 Å². The van der Waals surface area contributed by atoms with E-state index < -0.39 is 0 Å². The summed E-state index contributed by atoms with van der Waals surface area (Å²) < 4.78 is 1.38. The second-order valence-electron chi connectivity index (χ2n) is 4.92. The van der Waals surface area contributed by atoms with E-state index in [1.807, 2.05) is 0 Å². The van der Waals surface area contributed by atoms with Crippen LogP contribution in [0.25, 0.3) is 10.2 Å². The summed E-state index contributed by atoms with van der Waals surface area (Å²) >= 11 is 7.14. The highest BCUT2D eigenvalue weighted by Gasteiger charge is 2.09. The molecule has 2 aromatic heterocycles. The first kappa shape index (κ1) is 15.6. The van der Waals surface area contributed by atoms with Crippen LogP contribution in [0.3, 0.4) is 0 Å². The monoisotopic (exact) mass is 345 g/mol. The number of hydrogen-bond donors (Lipinski definition) is 0. The Bertz CT molecular complexity index is 1010. The highest BCUT2D eigenvalue weighted by molar-refractivity contribution is 7.15. The summed E-state index contributed by atoms with van der Waals surface area (Å²) in [5.41, 5.74) is 0.382. The molecule has 0 saturated heterocycles. The van der Waals surface area contributed by atoms with Crippen LogP contribution in [0.15, 0.2) is 52.4 Å². The molecule has 0 radical (unpaired) electrons. The van der Waals surface area contributed by atoms with Crippen LogP contribution >= 0.6 is 22.9 Å². The third-order valence-electron chi connectivity index (χ3n) is 3.10. The predicted octanol–water partition coefficient (Wildman–Crippen LogP) is 2.93. The molecule has 0 bridgehead atoms. The summed E-state index contributed by atoms with van der Waals surface area (Å²) in [6.45, 7) is 1.42. The van der Waals surface area contributed by atoms with Gasteiger partial charge in [0.25, 0.3) is 5.56 Å². The first-order valence-electron chi connectivity index (χ1n) is 6.83. The topological polar surface area (TPSA) is 64.3 Å². The number of fused-ring (bicyclic) bond motifs is 1. The van der Waals surface area contributed by atoms with Crippen molar-refractivity contribution in [2.75, 3.05) is 0 Å². The molecular formula is C16H12ClN3O2S. The van der Waals surface area contributed by atoms with Gasteiger partial charge in [0.2, 0.25) is 0 Å². The third-order valence-corrected chi connectivity index (χ3v) is 4.36. The Labute approximate surface area is 140 Å². The van der Waals surface area contributed by atoms with Crippen molar-refractivity contribution < 1.29 is 4.79 Å². The fourth-order valence-electron chi connectivity index (χ4n) is 2.08. The Morgan fingerprint density at radius 3 is 2.74 bits per heavy atom. The molecule has 2 heterocycles. The lowest BCUT2D eigenvalue weighted by Gasteiger charge is -2.05. The van der Waals surface area contributed by atoms with Crippen molar-refractivity contribution in [1.29, 1.82) is 0 Å². The first-order valence-corrected chi connectivity index (χ1v) is 8.02. The van der Waals surface area contributed by atoms with Crippen LogP contribution in [-0.4, -0.2) is 15.3 Å². The Morgan fingerprint density at radius 1 is 1.30 bits per heavy atom. The van der Waals surface area contributed by atoms with E-state index in [1.165, 1.54) is 22.8 Å². The van der Waals surface area contributed by atoms with Gasteiger partial charge < -0.3 is 0 Å². The van der Waals surface area contributed by atoms with Crippen LogP contribution in [0.2, 0.25) is 5.02 Å². The lowest BCUT2D eigenvalue weighted by atomic mass is 10.3. The number of pyridine rings is 1. The lowest BCUT2D eigenvalue weighted by molar-refractivity contribution is -0.117. The van der Waals surface area contributed by atoms with Crippen molar-refractivity contribution in [3.8, 4) is 0 Å². The maximum absolute atomic E-state index is 12.6. The van der Waals surface area contributed by atoms with Gasteiger partial charge in [0, 0.05) is 11.2 Å². The minimum absolute atomic E-state index is 0.0212. The molecule has 0 aliphatic rings. The Kier molecular flexibility index (Phi) is 4.36. The Balaban J connectivity index is 2.31. The zero-order valence-corrected chi connectivity index (χ0v) is 13.8. The molecule has 0 N–H and O–H groups in total. The smallest absolute Gasteiger partial charge is 0.263 e. The summed E-state index contributed by atoms with van der Waals surface area (Å²) in [5.74, 6) is -0.116. The van der Waals surface area contributed by atoms with Crippen LogP contribution in [0, 0.1) is 0 Å². The van der Waals surface area contributed by atoms with Gasteiger partial charge in [-0.3, -0.25) is 14.2 Å². The number of carbonyl (C=O) groups is 1. The summed E-state index contributed by atoms with van der Waals surface area (Å²) in [4.78, 5) is 33.9. The minimum atomic E-state index is -0.269. The summed E-state index contributed by atoms with van der Waals surface area (Å²) in [5, 5.41) is 1.09. The maximum Gasteiger partial charge on any atom is 0.263 e. The highest BCUT2D eigenvalue weighted by atomic mass is 35.5. The molecule has 0 fully saturated rings. The Morgan fingerprint density at radius 2 is 2.04 bits per heavy atom. The van der Waals surface area contributed by atoms with Crippen molar-refractivity contribution in [3.63, 3.8) is 0 Å². The van der Waals surface area contributed by atoms with Gasteiger partial charge in [-0.1, -0.05) is 22.9 Å². The number of benzene rings is 1. The van der Waals surface area contributed by atoms with Crippen molar-refractivity contribution in [1.82, 2.24) is 9.55 Å². The van der Waals surface area contributed by atoms with E-state index >= 15 is 0 Å². The van der Waals surface area contributed by atoms with Gasteiger partial charge in [0.1, 0.15) is 10.6 Å². The standard InChI is InChI=1S/C16H12ClN3O2S/c1-10(21)9-20-15(22)13-3-2-8-18-14(13)23-16(20)19-12-6-4-11(17)5-7-12/h2-8H,9H2,1H3. The number of hydrogen-bond acceptors (Lipinski definition) is 5. The van der Waals surface area contributed by atoms with Gasteiger partial charge in [-0.25, -0.2) is 9.98 Å². The van der Waals surface area contributed by atoms with Gasteiger partial charge >= 0.3 is 0 Å². The highest BCUT2D eigenvalue weighted by Crippen LogP contribution is 2.16. The SMILES string of the molecule is CC(=O)Cn1c(=Nc2ccc(Cl)cc2)sc2ncccc2c1=O. The number of carbonyl (C=O) groups excluding carboxylic acids is 1. The van der Waals surface area contributed by atoms with E-state index in [4.69, 9.17) is 11.6 Å². The molecule has 0 saturated carbocycles. The van der Waals surface area contributed by atoms with Gasteiger partial charge in [-0.2, -0.15) is 0 Å². The van der Waals surface area contributed by atoms with Crippen molar-refractivity contribution in [2.24, 2.45) is 4.99 Å². The Hall–Kier alpha value is -2.31. The number of aromatic nitrogens is 2. The fraction of sp³-hybridized carbons (Fsp3) is 0.125. The van der Waals surface area contributed by atoms with Crippen molar-refractivity contribution in [2.45, 2.75) is 13.5 Å². The van der Waals surface area contributed by atoms with Crippen LogP contribution in [0.5, 0.6) is 0 Å². The predicted molar refractivity (Wildman–Crippen MR) is 91.2 cm³/mol. The average molecular weight is 346 g/mol. The van der Waals surface area contributed by atoms with E-state index in [0.717, 1.165) is 0 Å². The van der Waals surface area contributed by atoms with Gasteiger partial charge in [-0.05, 0) is 43.3 Å². The molecule has 0 amide bonds. The van der Waals surface area contributed by atoms with E-state index in [-0.39, 0.29) is 17.9 Å². The van der Waals surface area contributed by atoms with Crippen LogP contribution < -0.4 is 10.4 Å². The number of ketones is 1. The number of Topliss-reactive ketones (excluding diaryl/α,β-unsaturated/α-hetero) is 1. The zero-order valence-electron chi connectivity index (χ0n) is 12.2. The minimum Gasteiger partial charge on any atom is -0.298 e. The van der Waals surface area contributed by atoms with Gasteiger partial charge in [-0.15, -0.1) is 0 Å². The normalized spacial score (nSPS) is 11.8. The molecule has 0 aliphatic heterocycles. The quantitative estimate of drug-likeness (QED) is 0.733. The van der Waals surface area contributed by atoms with Crippen LogP contribution in [-0.2, 0) is 11.3 Å². The van der Waals surface area contributed by atoms with E-state index in [1.54, 1.807) is 42.6 Å². The molecule has 7 heteroatoms. The van der Waals surface area contributed by atoms with E-state index in [0.29, 0.717) is 25.7 Å². The maximum atomic E-state index is 12.6. The molecule has 1 aromatic carbocycles. The zero-order chi connectivity index (χ0) is 16.4.